The molecule has 1 heterocycles. The Labute approximate surface area is 218 Å². The predicted octanol–water partition coefficient (Wildman–Crippen LogP) is 7.30. The molecule has 7 heteroatoms. The van der Waals surface area contributed by atoms with Crippen LogP contribution in [0.25, 0.3) is 0 Å². The summed E-state index contributed by atoms with van der Waals surface area (Å²) in [6.07, 6.45) is 5.22. The molecule has 0 saturated heterocycles. The van der Waals surface area contributed by atoms with Crippen LogP contribution in [-0.4, -0.2) is 20.2 Å². The van der Waals surface area contributed by atoms with E-state index in [0.29, 0.717) is 28.7 Å². The van der Waals surface area contributed by atoms with E-state index in [1.807, 2.05) is 36.4 Å². The summed E-state index contributed by atoms with van der Waals surface area (Å²) in [4.78, 5) is 12.5. The smallest absolute Gasteiger partial charge is 0.338 e. The first kappa shape index (κ1) is 23.8. The monoisotopic (exact) mass is 553 g/mol. The summed E-state index contributed by atoms with van der Waals surface area (Å²) in [5, 5.41) is 4.21. The van der Waals surface area contributed by atoms with Crippen molar-refractivity contribution in [3.05, 3.63) is 98.5 Å². The van der Waals surface area contributed by atoms with Crippen LogP contribution >= 0.6 is 27.5 Å². The normalized spacial score (nSPS) is 19.9. The molecule has 3 aromatic rings. The van der Waals surface area contributed by atoms with E-state index in [2.05, 4.69) is 39.5 Å². The molecule has 5 nitrogen and oxygen atoms in total. The van der Waals surface area contributed by atoms with E-state index in [0.717, 1.165) is 33.3 Å². The topological polar surface area (TPSA) is 56.8 Å². The van der Waals surface area contributed by atoms with E-state index in [1.165, 1.54) is 7.11 Å². The fraction of sp³-hybridized carbons (Fsp3) is 0.250. The van der Waals surface area contributed by atoms with E-state index in [9.17, 15) is 4.79 Å². The molecule has 1 aliphatic carbocycles. The second-order valence-corrected chi connectivity index (χ2v) is 9.92. The number of halogens is 2. The highest BCUT2D eigenvalue weighted by Crippen LogP contribution is 2.54. The standard InChI is InChI=1S/C28H25BrClNO4/c1-33-23-14-17(13-21(29)27(23)35-15-16-7-4-3-5-8-16)25-19-10-6-9-18(19)24-20(28(32)34-2)11-12-22(30)26(24)31-25/h3-9,11-14,18-19,25,31H,10,15H2,1-2H3/t18-,19+,25-/m1/s1. The third-order valence-electron chi connectivity index (χ3n) is 6.71. The molecule has 0 radical (unpaired) electrons. The number of anilines is 1. The summed E-state index contributed by atoms with van der Waals surface area (Å²) < 4.78 is 17.7. The maximum Gasteiger partial charge on any atom is 0.338 e. The Hall–Kier alpha value is -2.96. The molecule has 1 N–H and O–H groups in total. The third-order valence-corrected chi connectivity index (χ3v) is 7.62. The van der Waals surface area contributed by atoms with Crippen molar-refractivity contribution < 1.29 is 19.0 Å². The molecule has 35 heavy (non-hydrogen) atoms. The summed E-state index contributed by atoms with van der Waals surface area (Å²) in [7, 11) is 3.04. The van der Waals surface area contributed by atoms with Gasteiger partial charge in [-0.15, -0.1) is 0 Å². The van der Waals surface area contributed by atoms with Crippen molar-refractivity contribution in [1.29, 1.82) is 0 Å². The van der Waals surface area contributed by atoms with Crippen molar-refractivity contribution >= 4 is 39.2 Å². The van der Waals surface area contributed by atoms with Crippen molar-refractivity contribution in [2.75, 3.05) is 19.5 Å². The maximum absolute atomic E-state index is 12.5. The Morgan fingerprint density at radius 1 is 1.14 bits per heavy atom. The van der Waals surface area contributed by atoms with Gasteiger partial charge in [0.2, 0.25) is 0 Å². The summed E-state index contributed by atoms with van der Waals surface area (Å²) in [5.41, 5.74) is 4.33. The lowest BCUT2D eigenvalue weighted by molar-refractivity contribution is 0.0598. The van der Waals surface area contributed by atoms with Gasteiger partial charge >= 0.3 is 5.97 Å². The number of ether oxygens (including phenoxy) is 3. The van der Waals surface area contributed by atoms with Gasteiger partial charge in [0, 0.05) is 5.92 Å². The second-order valence-electron chi connectivity index (χ2n) is 8.66. The van der Waals surface area contributed by atoms with Crippen LogP contribution in [0.5, 0.6) is 11.5 Å². The maximum atomic E-state index is 12.5. The van der Waals surface area contributed by atoms with E-state index in [-0.39, 0.29) is 23.8 Å². The number of hydrogen-bond donors (Lipinski definition) is 1. The quantitative estimate of drug-likeness (QED) is 0.256. The molecule has 3 aromatic carbocycles. The molecule has 3 atom stereocenters. The molecule has 0 saturated carbocycles. The molecule has 180 valence electrons. The predicted molar refractivity (Wildman–Crippen MR) is 141 cm³/mol. The van der Waals surface area contributed by atoms with Crippen LogP contribution in [0.1, 0.15) is 45.4 Å². The van der Waals surface area contributed by atoms with Gasteiger partial charge in [-0.1, -0.05) is 54.1 Å². The van der Waals surface area contributed by atoms with Gasteiger partial charge in [-0.25, -0.2) is 4.79 Å². The fourth-order valence-corrected chi connectivity index (χ4v) is 5.87. The molecular weight excluding hydrogens is 530 g/mol. The van der Waals surface area contributed by atoms with Crippen molar-refractivity contribution in [3.8, 4) is 11.5 Å². The van der Waals surface area contributed by atoms with Crippen LogP contribution in [0.2, 0.25) is 5.02 Å². The van der Waals surface area contributed by atoms with Gasteiger partial charge in [0.15, 0.2) is 11.5 Å². The number of fused-ring (bicyclic) bond motifs is 3. The minimum Gasteiger partial charge on any atom is -0.493 e. The van der Waals surface area contributed by atoms with E-state index < -0.39 is 0 Å². The summed E-state index contributed by atoms with van der Waals surface area (Å²) in [5.74, 6) is 1.19. The fourth-order valence-electron chi connectivity index (χ4n) is 5.08. The average molecular weight is 555 g/mol. The number of benzene rings is 3. The molecule has 0 spiro atoms. The Morgan fingerprint density at radius 2 is 1.94 bits per heavy atom. The molecule has 0 amide bonds. The summed E-state index contributed by atoms with van der Waals surface area (Å²) in [6, 6.07) is 17.5. The zero-order valence-corrected chi connectivity index (χ0v) is 21.7. The molecule has 0 bridgehead atoms. The third kappa shape index (κ3) is 4.41. The molecule has 1 aliphatic heterocycles. The molecular formula is C28H25BrClNO4. The SMILES string of the molecule is COC(=O)c1ccc(Cl)c2c1[C@@H]1C=CC[C@@H]1[C@@H](c1cc(Br)c(OCc3ccccc3)c(OC)c1)N2. The molecule has 2 aliphatic rings. The highest BCUT2D eigenvalue weighted by molar-refractivity contribution is 9.10. The van der Waals surface area contributed by atoms with Crippen LogP contribution in [0.3, 0.4) is 0 Å². The number of allylic oxidation sites excluding steroid dienone is 2. The number of nitrogens with one attached hydrogen (secondary N) is 1. The van der Waals surface area contributed by atoms with Gasteiger partial charge < -0.3 is 19.5 Å². The first-order chi connectivity index (χ1) is 17.0. The Bertz CT molecular complexity index is 1290. The zero-order valence-electron chi connectivity index (χ0n) is 19.4. The van der Waals surface area contributed by atoms with Crippen LogP contribution < -0.4 is 14.8 Å². The van der Waals surface area contributed by atoms with Crippen LogP contribution in [0.4, 0.5) is 5.69 Å². The number of hydrogen-bond acceptors (Lipinski definition) is 5. The number of carbonyl (C=O) groups excluding carboxylic acids is 1. The average Bonchev–Trinajstić information content (AvgIpc) is 3.38. The van der Waals surface area contributed by atoms with Crippen molar-refractivity contribution in [2.24, 2.45) is 5.92 Å². The number of methoxy groups -OCH3 is 2. The van der Waals surface area contributed by atoms with Crippen LogP contribution in [0.15, 0.2) is 71.2 Å². The summed E-state index contributed by atoms with van der Waals surface area (Å²) >= 11 is 10.3. The van der Waals surface area contributed by atoms with Crippen LogP contribution in [0, 0.1) is 5.92 Å². The molecule has 0 aromatic heterocycles. The van der Waals surface area contributed by atoms with E-state index in [4.69, 9.17) is 25.8 Å². The highest BCUT2D eigenvalue weighted by atomic mass is 79.9. The Kier molecular flexibility index (Phi) is 6.76. The molecule has 5 rings (SSSR count). The van der Waals surface area contributed by atoms with Crippen molar-refractivity contribution in [1.82, 2.24) is 0 Å². The number of carbonyl (C=O) groups is 1. The van der Waals surface area contributed by atoms with E-state index >= 15 is 0 Å². The largest absolute Gasteiger partial charge is 0.493 e. The Balaban J connectivity index is 1.51. The highest BCUT2D eigenvalue weighted by Gasteiger charge is 2.41. The zero-order chi connectivity index (χ0) is 24.5. The van der Waals surface area contributed by atoms with Gasteiger partial charge in [0.1, 0.15) is 6.61 Å². The van der Waals surface area contributed by atoms with E-state index in [1.54, 1.807) is 19.2 Å². The first-order valence-corrected chi connectivity index (χ1v) is 12.6. The molecule has 0 unspecified atom stereocenters. The van der Waals surface area contributed by atoms with Crippen LogP contribution in [-0.2, 0) is 11.3 Å². The van der Waals surface area contributed by atoms with Gasteiger partial charge in [-0.2, -0.15) is 0 Å². The lowest BCUT2D eigenvalue weighted by Gasteiger charge is -2.39. The van der Waals surface area contributed by atoms with Crippen molar-refractivity contribution in [3.63, 3.8) is 0 Å². The van der Waals surface area contributed by atoms with Crippen molar-refractivity contribution in [2.45, 2.75) is 25.0 Å². The second kappa shape index (κ2) is 9.96. The number of esters is 1. The minimum absolute atomic E-state index is 0.0405. The number of rotatable bonds is 6. The molecule has 0 fully saturated rings. The Morgan fingerprint density at radius 3 is 2.69 bits per heavy atom. The first-order valence-electron chi connectivity index (χ1n) is 11.4. The van der Waals surface area contributed by atoms with Gasteiger partial charge in [-0.05, 0) is 69.2 Å². The van der Waals surface area contributed by atoms with Gasteiger partial charge in [-0.3, -0.25) is 0 Å². The van der Waals surface area contributed by atoms with Gasteiger partial charge in [0.25, 0.3) is 0 Å². The lowest BCUT2D eigenvalue weighted by Crippen LogP contribution is -2.31. The van der Waals surface area contributed by atoms with Gasteiger partial charge in [0.05, 0.1) is 41.0 Å². The lowest BCUT2D eigenvalue weighted by atomic mass is 9.75. The summed E-state index contributed by atoms with van der Waals surface area (Å²) in [6.45, 7) is 0.435. The minimum atomic E-state index is -0.360.